The van der Waals surface area contributed by atoms with Crippen LogP contribution < -0.4 is 5.56 Å². The van der Waals surface area contributed by atoms with Gasteiger partial charge in [-0.15, -0.1) is 23.1 Å². The second-order valence-corrected chi connectivity index (χ2v) is 8.15. The lowest BCUT2D eigenvalue weighted by Crippen LogP contribution is -2.21. The van der Waals surface area contributed by atoms with Crippen molar-refractivity contribution in [2.45, 2.75) is 49.3 Å². The predicted molar refractivity (Wildman–Crippen MR) is 93.3 cm³/mol. The fourth-order valence-electron chi connectivity index (χ4n) is 2.75. The van der Waals surface area contributed by atoms with Gasteiger partial charge in [-0.1, -0.05) is 6.42 Å². The summed E-state index contributed by atoms with van der Waals surface area (Å²) in [6.07, 6.45) is 5.60. The molecule has 23 heavy (non-hydrogen) atoms. The summed E-state index contributed by atoms with van der Waals surface area (Å²) < 4.78 is 7.98. The number of thioether (sulfide) groups is 1. The van der Waals surface area contributed by atoms with Gasteiger partial charge < -0.3 is 4.74 Å². The van der Waals surface area contributed by atoms with Gasteiger partial charge in [0.1, 0.15) is 16.8 Å². The predicted octanol–water partition coefficient (Wildman–Crippen LogP) is 3.27. The van der Waals surface area contributed by atoms with Gasteiger partial charge in [-0.2, -0.15) is 0 Å². The minimum atomic E-state index is -0.170. The lowest BCUT2D eigenvalue weighted by molar-refractivity contribution is -0.147. The molecular formula is C16H20N2O3S2. The van der Waals surface area contributed by atoms with E-state index < -0.39 is 0 Å². The number of rotatable bonds is 4. The largest absolute Gasteiger partial charge is 0.462 e. The lowest BCUT2D eigenvalue weighted by atomic mass is 9.98. The maximum Gasteiger partial charge on any atom is 0.316 e. The Balaban J connectivity index is 1.64. The van der Waals surface area contributed by atoms with Crippen molar-refractivity contribution < 1.29 is 9.53 Å². The van der Waals surface area contributed by atoms with Gasteiger partial charge in [0.25, 0.3) is 5.56 Å². The molecule has 5 nitrogen and oxygen atoms in total. The van der Waals surface area contributed by atoms with Crippen molar-refractivity contribution >= 4 is 39.3 Å². The van der Waals surface area contributed by atoms with Crippen LogP contribution in [0.25, 0.3) is 10.2 Å². The Hall–Kier alpha value is -1.34. The van der Waals surface area contributed by atoms with Gasteiger partial charge in [0.05, 0.1) is 15.3 Å². The van der Waals surface area contributed by atoms with Gasteiger partial charge in [-0.05, 0) is 38.7 Å². The number of carbonyl (C=O) groups is 1. The molecule has 3 rings (SSSR count). The zero-order valence-corrected chi connectivity index (χ0v) is 15.0. The maximum atomic E-state index is 12.2. The van der Waals surface area contributed by atoms with Crippen molar-refractivity contribution in [3.63, 3.8) is 0 Å². The molecule has 0 bridgehead atoms. The molecule has 1 fully saturated rings. The number of fused-ring (bicyclic) bond motifs is 1. The van der Waals surface area contributed by atoms with Crippen LogP contribution in [0.3, 0.4) is 0 Å². The zero-order chi connectivity index (χ0) is 16.4. The van der Waals surface area contributed by atoms with Crippen molar-refractivity contribution in [2.24, 2.45) is 7.05 Å². The minimum absolute atomic E-state index is 0.0413. The molecule has 7 heteroatoms. The summed E-state index contributed by atoms with van der Waals surface area (Å²) in [5.41, 5.74) is -0.0413. The van der Waals surface area contributed by atoms with E-state index in [2.05, 4.69) is 4.98 Å². The topological polar surface area (TPSA) is 61.2 Å². The van der Waals surface area contributed by atoms with Crippen LogP contribution in [0.1, 0.15) is 37.9 Å². The van der Waals surface area contributed by atoms with Crippen molar-refractivity contribution in [2.75, 3.05) is 5.75 Å². The monoisotopic (exact) mass is 352 g/mol. The molecule has 1 aliphatic rings. The van der Waals surface area contributed by atoms with Gasteiger partial charge in [0, 0.05) is 7.05 Å². The number of hydrogen-bond donors (Lipinski definition) is 0. The normalized spacial score (nSPS) is 15.9. The number of hydrogen-bond acceptors (Lipinski definition) is 6. The third-order valence-corrected chi connectivity index (χ3v) is 6.37. The molecule has 0 aliphatic heterocycles. The summed E-state index contributed by atoms with van der Waals surface area (Å²) >= 11 is 2.87. The first kappa shape index (κ1) is 16.5. The Morgan fingerprint density at radius 3 is 2.91 bits per heavy atom. The van der Waals surface area contributed by atoms with Crippen LogP contribution in [-0.4, -0.2) is 27.4 Å². The Morgan fingerprint density at radius 1 is 1.43 bits per heavy atom. The zero-order valence-electron chi connectivity index (χ0n) is 13.3. The van der Waals surface area contributed by atoms with Crippen LogP contribution >= 0.6 is 23.1 Å². The first-order valence-corrected chi connectivity index (χ1v) is 9.64. The summed E-state index contributed by atoms with van der Waals surface area (Å²) in [5, 5.41) is 0.617. The average molecular weight is 352 g/mol. The SMILES string of the molecule is Cc1nc2sc(SCC(=O)OC3CCCCC3)cc2c(=O)n1C. The number of aromatic nitrogens is 2. The van der Waals surface area contributed by atoms with Crippen LogP contribution in [0.5, 0.6) is 0 Å². The maximum absolute atomic E-state index is 12.2. The number of esters is 1. The first-order valence-electron chi connectivity index (χ1n) is 7.84. The van der Waals surface area contributed by atoms with E-state index in [9.17, 15) is 9.59 Å². The molecule has 2 heterocycles. The van der Waals surface area contributed by atoms with E-state index in [0.717, 1.165) is 34.7 Å². The highest BCUT2D eigenvalue weighted by Crippen LogP contribution is 2.31. The number of aryl methyl sites for hydroxylation is 1. The van der Waals surface area contributed by atoms with Crippen molar-refractivity contribution in [1.82, 2.24) is 9.55 Å². The molecule has 1 saturated carbocycles. The fourth-order valence-corrected chi connectivity index (χ4v) is 4.73. The molecule has 2 aromatic rings. The average Bonchev–Trinajstić information content (AvgIpc) is 2.95. The van der Waals surface area contributed by atoms with Crippen LogP contribution in [0.2, 0.25) is 0 Å². The summed E-state index contributed by atoms with van der Waals surface area (Å²) in [4.78, 5) is 29.3. The lowest BCUT2D eigenvalue weighted by Gasteiger charge is -2.21. The minimum Gasteiger partial charge on any atom is -0.462 e. The summed E-state index contributed by atoms with van der Waals surface area (Å²) in [6.45, 7) is 1.81. The molecule has 1 aliphatic carbocycles. The fraction of sp³-hybridized carbons (Fsp3) is 0.562. The van der Waals surface area contributed by atoms with Crippen LogP contribution in [0.4, 0.5) is 0 Å². The number of nitrogens with zero attached hydrogens (tertiary/aromatic N) is 2. The molecule has 0 saturated heterocycles. The van der Waals surface area contributed by atoms with Crippen LogP contribution in [-0.2, 0) is 16.6 Å². The summed E-state index contributed by atoms with van der Waals surface area (Å²) in [6, 6.07) is 1.83. The van der Waals surface area contributed by atoms with Crippen LogP contribution in [0.15, 0.2) is 15.1 Å². The molecule has 0 radical (unpaired) electrons. The Kier molecular flexibility index (Phi) is 5.06. The molecule has 0 unspecified atom stereocenters. The quantitative estimate of drug-likeness (QED) is 0.624. The van der Waals surface area contributed by atoms with Gasteiger partial charge in [-0.25, -0.2) is 4.98 Å². The second kappa shape index (κ2) is 7.05. The molecule has 124 valence electrons. The van der Waals surface area contributed by atoms with E-state index in [-0.39, 0.29) is 23.4 Å². The Bertz CT molecular complexity index is 775. The van der Waals surface area contributed by atoms with Crippen molar-refractivity contribution in [3.05, 3.63) is 22.2 Å². The molecule has 0 aromatic carbocycles. The van der Waals surface area contributed by atoms with E-state index in [0.29, 0.717) is 11.2 Å². The van der Waals surface area contributed by atoms with E-state index in [1.54, 1.807) is 11.6 Å². The first-order chi connectivity index (χ1) is 11.0. The molecule has 0 amide bonds. The Labute approximate surface area is 143 Å². The summed E-state index contributed by atoms with van der Waals surface area (Å²) in [7, 11) is 1.72. The highest BCUT2D eigenvalue weighted by Gasteiger charge is 2.18. The van der Waals surface area contributed by atoms with Crippen LogP contribution in [0, 0.1) is 6.92 Å². The second-order valence-electron chi connectivity index (χ2n) is 5.85. The van der Waals surface area contributed by atoms with Gasteiger partial charge in [-0.3, -0.25) is 14.2 Å². The van der Waals surface area contributed by atoms with E-state index in [1.807, 2.05) is 13.0 Å². The highest BCUT2D eigenvalue weighted by atomic mass is 32.2. The highest BCUT2D eigenvalue weighted by molar-refractivity contribution is 8.01. The van der Waals surface area contributed by atoms with E-state index in [1.165, 1.54) is 29.5 Å². The molecular weight excluding hydrogens is 332 g/mol. The summed E-state index contributed by atoms with van der Waals surface area (Å²) in [5.74, 6) is 0.803. The molecule has 0 spiro atoms. The molecule has 2 aromatic heterocycles. The van der Waals surface area contributed by atoms with E-state index >= 15 is 0 Å². The van der Waals surface area contributed by atoms with Gasteiger partial charge in [0.15, 0.2) is 0 Å². The smallest absolute Gasteiger partial charge is 0.316 e. The standard InChI is InChI=1S/C16H20N2O3S2/c1-10-17-15-12(16(20)18(10)2)8-14(23-15)22-9-13(19)21-11-6-4-3-5-7-11/h8,11H,3-7,9H2,1-2H3. The number of thiophene rings is 1. The Morgan fingerprint density at radius 2 is 2.17 bits per heavy atom. The third kappa shape index (κ3) is 3.77. The van der Waals surface area contributed by atoms with E-state index in [4.69, 9.17) is 4.74 Å². The number of ether oxygens (including phenoxy) is 1. The van der Waals surface area contributed by atoms with Gasteiger partial charge >= 0.3 is 5.97 Å². The van der Waals surface area contributed by atoms with Gasteiger partial charge in [0.2, 0.25) is 0 Å². The molecule has 0 N–H and O–H groups in total. The van der Waals surface area contributed by atoms with Crippen molar-refractivity contribution in [1.29, 1.82) is 0 Å². The number of carbonyl (C=O) groups excluding carboxylic acids is 1. The van der Waals surface area contributed by atoms with Crippen molar-refractivity contribution in [3.8, 4) is 0 Å². The third-order valence-electron chi connectivity index (χ3n) is 4.16. The molecule has 0 atom stereocenters.